The van der Waals surface area contributed by atoms with Crippen LogP contribution in [0.2, 0.25) is 0 Å². The van der Waals surface area contributed by atoms with Crippen LogP contribution in [-0.2, 0) is 0 Å². The van der Waals surface area contributed by atoms with Gasteiger partial charge in [-0.2, -0.15) is 0 Å². The van der Waals surface area contributed by atoms with Gasteiger partial charge in [-0.25, -0.2) is 0 Å². The monoisotopic (exact) mass is 145 g/mol. The van der Waals surface area contributed by atoms with E-state index in [1.165, 1.54) is 0 Å². The molecular weight excluding hydrogens is 134 g/mol. The van der Waals surface area contributed by atoms with Crippen molar-refractivity contribution in [2.45, 2.75) is 13.0 Å². The van der Waals surface area contributed by atoms with Crippen molar-refractivity contribution in [3.63, 3.8) is 0 Å². The summed E-state index contributed by atoms with van der Waals surface area (Å²) in [7, 11) is 0. The van der Waals surface area contributed by atoms with Crippen molar-refractivity contribution in [2.24, 2.45) is 11.5 Å². The van der Waals surface area contributed by atoms with Crippen molar-refractivity contribution >= 4 is 17.3 Å². The van der Waals surface area contributed by atoms with E-state index in [0.717, 1.165) is 0 Å². The smallest absolute Gasteiger partial charge is 0.167 e. The van der Waals surface area contributed by atoms with Crippen molar-refractivity contribution in [1.29, 1.82) is 0 Å². The molecule has 0 spiro atoms. The maximum Gasteiger partial charge on any atom is 0.167 e. The molecule has 4 heteroatoms. The van der Waals surface area contributed by atoms with E-state index in [9.17, 15) is 0 Å². The minimum Gasteiger partial charge on any atom is -0.376 e. The van der Waals surface area contributed by atoms with Crippen molar-refractivity contribution in [1.82, 2.24) is 5.32 Å². The molecule has 0 bridgehead atoms. The van der Waals surface area contributed by atoms with E-state index in [1.807, 2.05) is 6.92 Å². The zero-order chi connectivity index (χ0) is 7.28. The molecule has 0 aliphatic rings. The topological polar surface area (TPSA) is 64.1 Å². The van der Waals surface area contributed by atoms with Gasteiger partial charge in [-0.05, 0) is 19.1 Å². The van der Waals surface area contributed by atoms with Gasteiger partial charge >= 0.3 is 0 Å². The maximum atomic E-state index is 5.37. The number of nitrogens with one attached hydrogen (secondary N) is 1. The lowest BCUT2D eigenvalue weighted by Gasteiger charge is -1.95. The highest BCUT2D eigenvalue weighted by molar-refractivity contribution is 7.80. The van der Waals surface area contributed by atoms with Crippen LogP contribution in [0.3, 0.4) is 0 Å². The number of thiocarbonyl (C=S) groups is 1. The summed E-state index contributed by atoms with van der Waals surface area (Å²) in [5.41, 5.74) is 10.5. The summed E-state index contributed by atoms with van der Waals surface area (Å²) < 4.78 is 0. The fraction of sp³-hybridized carbons (Fsp3) is 0.400. The lowest BCUT2D eigenvalue weighted by Crippen LogP contribution is -2.24. The predicted octanol–water partition coefficient (Wildman–Crippen LogP) is -0.319. The Hall–Kier alpha value is -0.610. The van der Waals surface area contributed by atoms with E-state index >= 15 is 0 Å². The minimum absolute atomic E-state index is 0.0341. The van der Waals surface area contributed by atoms with E-state index in [0.29, 0.717) is 0 Å². The molecule has 0 saturated carbocycles. The van der Waals surface area contributed by atoms with Gasteiger partial charge in [0.25, 0.3) is 0 Å². The molecule has 0 aromatic rings. The van der Waals surface area contributed by atoms with Crippen LogP contribution >= 0.6 is 12.2 Å². The second-order valence-electron chi connectivity index (χ2n) is 1.73. The van der Waals surface area contributed by atoms with E-state index in [4.69, 9.17) is 11.5 Å². The van der Waals surface area contributed by atoms with Crippen LogP contribution < -0.4 is 16.8 Å². The molecule has 0 saturated heterocycles. The van der Waals surface area contributed by atoms with E-state index < -0.39 is 0 Å². The molecule has 1 atom stereocenters. The van der Waals surface area contributed by atoms with Crippen LogP contribution in [0, 0.1) is 0 Å². The number of nitrogens with two attached hydrogens (primary N) is 2. The van der Waals surface area contributed by atoms with Gasteiger partial charge in [-0.1, -0.05) is 6.08 Å². The largest absolute Gasteiger partial charge is 0.376 e. The Morgan fingerprint density at radius 3 is 2.67 bits per heavy atom. The first-order chi connectivity index (χ1) is 4.13. The molecular formula is C5H11N3S. The van der Waals surface area contributed by atoms with Gasteiger partial charge < -0.3 is 16.8 Å². The third kappa shape index (κ3) is 7.39. The zero-order valence-corrected chi connectivity index (χ0v) is 6.11. The molecule has 3 nitrogen and oxygen atoms in total. The van der Waals surface area contributed by atoms with Crippen LogP contribution in [0.25, 0.3) is 0 Å². The number of rotatable bonds is 2. The van der Waals surface area contributed by atoms with Crippen molar-refractivity contribution in [3.05, 3.63) is 12.3 Å². The quantitative estimate of drug-likeness (QED) is 0.466. The van der Waals surface area contributed by atoms with Crippen molar-refractivity contribution in [2.75, 3.05) is 0 Å². The molecule has 52 valence electrons. The van der Waals surface area contributed by atoms with E-state index in [-0.39, 0.29) is 11.2 Å². The zero-order valence-electron chi connectivity index (χ0n) is 5.29. The maximum absolute atomic E-state index is 5.37. The molecule has 0 aliphatic carbocycles. The highest BCUT2D eigenvalue weighted by Crippen LogP contribution is 1.74. The fourth-order valence-corrected chi connectivity index (χ4v) is 0.350. The highest BCUT2D eigenvalue weighted by Gasteiger charge is 1.81. The van der Waals surface area contributed by atoms with Crippen LogP contribution in [0.5, 0.6) is 0 Å². The van der Waals surface area contributed by atoms with Gasteiger partial charge in [0, 0.05) is 12.2 Å². The molecule has 0 radical (unpaired) electrons. The molecule has 0 rings (SSSR count). The minimum atomic E-state index is 0.0341. The molecule has 0 amide bonds. The summed E-state index contributed by atoms with van der Waals surface area (Å²) >= 11 is 4.52. The second-order valence-corrected chi connectivity index (χ2v) is 2.17. The molecule has 0 aromatic heterocycles. The number of hydrogen-bond donors (Lipinski definition) is 3. The molecule has 0 fully saturated rings. The molecule has 0 aliphatic heterocycles. The Morgan fingerprint density at radius 2 is 2.33 bits per heavy atom. The Morgan fingerprint density at radius 1 is 1.78 bits per heavy atom. The average Bonchev–Trinajstić information content (AvgIpc) is 1.63. The standard InChI is InChI=1S/C5H11N3S/c1-4(6)2-3-8-5(7)9/h2-4H,6H2,1H3,(H3,7,8,9). The molecule has 5 N–H and O–H groups in total. The first kappa shape index (κ1) is 8.39. The SMILES string of the molecule is CC(N)C=CNC(N)=S. The average molecular weight is 145 g/mol. The van der Waals surface area contributed by atoms with Crippen LogP contribution in [0.1, 0.15) is 6.92 Å². The fourth-order valence-electron chi connectivity index (χ4n) is 0.282. The molecule has 0 aromatic carbocycles. The van der Waals surface area contributed by atoms with E-state index in [2.05, 4.69) is 17.5 Å². The summed E-state index contributed by atoms with van der Waals surface area (Å²) in [4.78, 5) is 0. The second kappa shape index (κ2) is 4.29. The Bertz CT molecular complexity index is 119. The van der Waals surface area contributed by atoms with Crippen molar-refractivity contribution in [3.8, 4) is 0 Å². The lowest BCUT2D eigenvalue weighted by atomic mass is 10.4. The van der Waals surface area contributed by atoms with Gasteiger partial charge in [0.05, 0.1) is 0 Å². The van der Waals surface area contributed by atoms with Crippen LogP contribution in [0.4, 0.5) is 0 Å². The van der Waals surface area contributed by atoms with Crippen LogP contribution in [0.15, 0.2) is 12.3 Å². The Labute approximate surface area is 60.1 Å². The first-order valence-corrected chi connectivity index (χ1v) is 3.02. The summed E-state index contributed by atoms with van der Waals surface area (Å²) in [6.07, 6.45) is 3.40. The first-order valence-electron chi connectivity index (χ1n) is 2.61. The van der Waals surface area contributed by atoms with Gasteiger partial charge in [0.2, 0.25) is 0 Å². The van der Waals surface area contributed by atoms with Gasteiger partial charge in [-0.15, -0.1) is 0 Å². The summed E-state index contributed by atoms with van der Waals surface area (Å²) in [5, 5.41) is 2.88. The molecule has 0 heterocycles. The highest BCUT2D eigenvalue weighted by atomic mass is 32.1. The predicted molar refractivity (Wildman–Crippen MR) is 42.7 cm³/mol. The van der Waals surface area contributed by atoms with Gasteiger partial charge in [0.15, 0.2) is 5.11 Å². The summed E-state index contributed by atoms with van der Waals surface area (Å²) in [5.74, 6) is 0. The third-order valence-corrected chi connectivity index (χ3v) is 0.743. The Kier molecular flexibility index (Phi) is 4.00. The molecule has 1 unspecified atom stereocenters. The Balaban J connectivity index is 3.36. The van der Waals surface area contributed by atoms with Gasteiger partial charge in [0.1, 0.15) is 0 Å². The third-order valence-electron chi connectivity index (χ3n) is 0.625. The lowest BCUT2D eigenvalue weighted by molar-refractivity contribution is 0.918. The molecule has 9 heavy (non-hydrogen) atoms. The van der Waals surface area contributed by atoms with Gasteiger partial charge in [-0.3, -0.25) is 0 Å². The van der Waals surface area contributed by atoms with E-state index in [1.54, 1.807) is 12.3 Å². The summed E-state index contributed by atoms with van der Waals surface area (Å²) in [6.45, 7) is 1.86. The van der Waals surface area contributed by atoms with Crippen molar-refractivity contribution < 1.29 is 0 Å². The number of hydrogen-bond acceptors (Lipinski definition) is 2. The van der Waals surface area contributed by atoms with Crippen LogP contribution in [-0.4, -0.2) is 11.2 Å². The summed E-state index contributed by atoms with van der Waals surface area (Å²) in [6, 6.07) is 0.0341. The normalized spacial score (nSPS) is 13.6.